The average molecular weight is 293 g/mol. The second-order valence-corrected chi connectivity index (χ2v) is 7.55. The molecule has 0 spiro atoms. The number of halogens is 1. The number of hydrogen-bond acceptors (Lipinski definition) is 4. The largest absolute Gasteiger partial charge is 0.229 e. The molecule has 0 saturated carbocycles. The molecule has 98 valence electrons. The molecule has 0 heterocycles. The first-order valence-corrected chi connectivity index (χ1v) is 8.60. The summed E-state index contributed by atoms with van der Waals surface area (Å²) >= 11 is 5.49. The molecule has 0 aliphatic rings. The van der Waals surface area contributed by atoms with E-state index in [9.17, 15) is 16.8 Å². The Morgan fingerprint density at radius 3 is 2.31 bits per heavy atom. The number of nitrogens with two attached hydrogens (primary N) is 1. The number of rotatable bonds is 8. The second-order valence-electron chi connectivity index (χ2n) is 3.66. The Labute approximate surface area is 102 Å². The number of hydrogen-bond donors (Lipinski definition) is 2. The Morgan fingerprint density at radius 2 is 1.88 bits per heavy atom. The van der Waals surface area contributed by atoms with Gasteiger partial charge in [-0.25, -0.2) is 26.7 Å². The van der Waals surface area contributed by atoms with Gasteiger partial charge in [-0.2, -0.15) is 0 Å². The SMILES string of the molecule is CC(CCl)CS(=O)(=O)NCCCS(N)(=O)=O. The van der Waals surface area contributed by atoms with E-state index < -0.39 is 20.0 Å². The predicted molar refractivity (Wildman–Crippen MR) is 64.3 cm³/mol. The van der Waals surface area contributed by atoms with E-state index in [1.807, 2.05) is 0 Å². The quantitative estimate of drug-likeness (QED) is 0.463. The molecule has 6 nitrogen and oxygen atoms in total. The van der Waals surface area contributed by atoms with Crippen molar-refractivity contribution in [2.75, 3.05) is 23.9 Å². The third-order valence-corrected chi connectivity index (χ3v) is 4.73. The first kappa shape index (κ1) is 16.1. The van der Waals surface area contributed by atoms with Crippen molar-refractivity contribution >= 4 is 31.6 Å². The van der Waals surface area contributed by atoms with Crippen LogP contribution >= 0.6 is 11.6 Å². The van der Waals surface area contributed by atoms with Crippen molar-refractivity contribution in [3.63, 3.8) is 0 Å². The maximum atomic E-state index is 11.4. The minimum Gasteiger partial charge on any atom is -0.229 e. The maximum absolute atomic E-state index is 11.4. The molecule has 0 aromatic rings. The van der Waals surface area contributed by atoms with Crippen LogP contribution in [0.15, 0.2) is 0 Å². The fourth-order valence-corrected chi connectivity index (χ4v) is 3.20. The van der Waals surface area contributed by atoms with Crippen molar-refractivity contribution in [2.45, 2.75) is 13.3 Å². The Morgan fingerprint density at radius 1 is 1.31 bits per heavy atom. The van der Waals surface area contributed by atoms with Gasteiger partial charge < -0.3 is 0 Å². The van der Waals surface area contributed by atoms with Gasteiger partial charge in [0.1, 0.15) is 0 Å². The summed E-state index contributed by atoms with van der Waals surface area (Å²) in [6, 6.07) is 0. The first-order valence-electron chi connectivity index (χ1n) is 4.70. The van der Waals surface area contributed by atoms with E-state index >= 15 is 0 Å². The molecule has 0 aliphatic heterocycles. The van der Waals surface area contributed by atoms with Gasteiger partial charge in [-0.1, -0.05) is 6.92 Å². The van der Waals surface area contributed by atoms with E-state index in [0.29, 0.717) is 0 Å². The fraction of sp³-hybridized carbons (Fsp3) is 1.00. The highest BCUT2D eigenvalue weighted by atomic mass is 35.5. The van der Waals surface area contributed by atoms with Gasteiger partial charge in [0, 0.05) is 12.4 Å². The van der Waals surface area contributed by atoms with Crippen LogP contribution in [0.2, 0.25) is 0 Å². The Hall–Kier alpha value is 0.110. The van der Waals surface area contributed by atoms with Crippen molar-refractivity contribution in [3.05, 3.63) is 0 Å². The number of sulfonamides is 2. The summed E-state index contributed by atoms with van der Waals surface area (Å²) < 4.78 is 46.2. The van der Waals surface area contributed by atoms with Crippen LogP contribution in [-0.2, 0) is 20.0 Å². The number of primary sulfonamides is 1. The highest BCUT2D eigenvalue weighted by Gasteiger charge is 2.14. The van der Waals surface area contributed by atoms with Crippen LogP contribution in [0.4, 0.5) is 0 Å². The lowest BCUT2D eigenvalue weighted by atomic mass is 10.3. The third-order valence-electron chi connectivity index (χ3n) is 1.69. The topological polar surface area (TPSA) is 106 Å². The molecule has 0 aromatic heterocycles. The van der Waals surface area contributed by atoms with E-state index in [0.717, 1.165) is 0 Å². The van der Waals surface area contributed by atoms with Gasteiger partial charge in [0.15, 0.2) is 0 Å². The van der Waals surface area contributed by atoms with Gasteiger partial charge in [0.25, 0.3) is 0 Å². The Bertz CT molecular complexity index is 393. The zero-order valence-corrected chi connectivity index (χ0v) is 11.4. The van der Waals surface area contributed by atoms with Crippen molar-refractivity contribution in [1.29, 1.82) is 0 Å². The lowest BCUT2D eigenvalue weighted by molar-refractivity contribution is 0.565. The van der Waals surface area contributed by atoms with Crippen LogP contribution in [0.1, 0.15) is 13.3 Å². The van der Waals surface area contributed by atoms with Crippen LogP contribution in [-0.4, -0.2) is 40.8 Å². The summed E-state index contributed by atoms with van der Waals surface area (Å²) in [5.41, 5.74) is 0. The molecule has 0 radical (unpaired) electrons. The van der Waals surface area contributed by atoms with Gasteiger partial charge in [-0.05, 0) is 12.3 Å². The van der Waals surface area contributed by atoms with Crippen LogP contribution in [0.5, 0.6) is 0 Å². The third kappa shape index (κ3) is 9.34. The van der Waals surface area contributed by atoms with E-state index in [-0.39, 0.29) is 36.3 Å². The second kappa shape index (κ2) is 6.75. The van der Waals surface area contributed by atoms with Crippen molar-refractivity contribution in [1.82, 2.24) is 4.72 Å². The molecule has 1 unspecified atom stereocenters. The van der Waals surface area contributed by atoms with Crippen LogP contribution in [0, 0.1) is 5.92 Å². The Balaban J connectivity index is 3.93. The van der Waals surface area contributed by atoms with Gasteiger partial charge in [0.05, 0.1) is 11.5 Å². The first-order chi connectivity index (χ1) is 7.16. The van der Waals surface area contributed by atoms with Crippen molar-refractivity contribution in [2.24, 2.45) is 11.1 Å². The van der Waals surface area contributed by atoms with E-state index in [1.165, 1.54) is 0 Å². The summed E-state index contributed by atoms with van der Waals surface area (Å²) in [5, 5.41) is 4.77. The van der Waals surface area contributed by atoms with E-state index in [2.05, 4.69) is 4.72 Å². The van der Waals surface area contributed by atoms with Gasteiger partial charge >= 0.3 is 0 Å². The summed E-state index contributed by atoms with van der Waals surface area (Å²) in [6.45, 7) is 1.78. The summed E-state index contributed by atoms with van der Waals surface area (Å²) in [5.74, 6) is -0.178. The molecular weight excluding hydrogens is 276 g/mol. The molecule has 9 heteroatoms. The molecule has 0 aromatic carbocycles. The molecular formula is C7H17ClN2O4S2. The zero-order valence-electron chi connectivity index (χ0n) is 9.02. The minimum atomic E-state index is -3.53. The molecule has 0 aliphatic carbocycles. The summed E-state index contributed by atoms with van der Waals surface area (Å²) in [6.07, 6.45) is 0.160. The van der Waals surface area contributed by atoms with Crippen LogP contribution in [0.3, 0.4) is 0 Å². The minimum absolute atomic E-state index is 0.0633. The number of alkyl halides is 1. The van der Waals surface area contributed by atoms with Gasteiger partial charge in [-0.15, -0.1) is 11.6 Å². The fourth-order valence-electron chi connectivity index (χ4n) is 0.979. The lowest BCUT2D eigenvalue weighted by Crippen LogP contribution is -2.31. The number of nitrogens with one attached hydrogen (secondary N) is 1. The molecule has 0 rings (SSSR count). The average Bonchev–Trinajstić information content (AvgIpc) is 2.10. The molecule has 0 amide bonds. The monoisotopic (exact) mass is 292 g/mol. The molecule has 0 fully saturated rings. The molecule has 0 saturated heterocycles. The normalized spacial score (nSPS) is 14.9. The molecule has 0 bridgehead atoms. The van der Waals surface area contributed by atoms with Crippen LogP contribution in [0.25, 0.3) is 0 Å². The molecule has 1 atom stereocenters. The van der Waals surface area contributed by atoms with Gasteiger partial charge in [0.2, 0.25) is 20.0 Å². The maximum Gasteiger partial charge on any atom is 0.211 e. The van der Waals surface area contributed by atoms with Gasteiger partial charge in [-0.3, -0.25) is 0 Å². The van der Waals surface area contributed by atoms with E-state index in [4.69, 9.17) is 16.7 Å². The lowest BCUT2D eigenvalue weighted by Gasteiger charge is -2.09. The smallest absolute Gasteiger partial charge is 0.211 e. The van der Waals surface area contributed by atoms with E-state index in [1.54, 1.807) is 6.92 Å². The highest BCUT2D eigenvalue weighted by molar-refractivity contribution is 7.89. The predicted octanol–water partition coefficient (Wildman–Crippen LogP) is -0.541. The standard InChI is InChI=1S/C7H17ClN2O4S2/c1-7(5-8)6-16(13,14)10-3-2-4-15(9,11)12/h7,10H,2-6H2,1H3,(H2,9,11,12). The summed E-state index contributed by atoms with van der Waals surface area (Å²) in [4.78, 5) is 0. The van der Waals surface area contributed by atoms with Crippen LogP contribution < -0.4 is 9.86 Å². The van der Waals surface area contributed by atoms with Crippen molar-refractivity contribution < 1.29 is 16.8 Å². The molecule has 16 heavy (non-hydrogen) atoms. The molecule has 3 N–H and O–H groups in total. The highest BCUT2D eigenvalue weighted by Crippen LogP contribution is 2.01. The Kier molecular flexibility index (Phi) is 6.80. The summed E-state index contributed by atoms with van der Waals surface area (Å²) in [7, 11) is -6.91. The zero-order chi connectivity index (χ0) is 12.8. The van der Waals surface area contributed by atoms with Crippen molar-refractivity contribution in [3.8, 4) is 0 Å².